The van der Waals surface area contributed by atoms with E-state index in [0.717, 1.165) is 28.6 Å². The zero-order chi connectivity index (χ0) is 19.6. The summed E-state index contributed by atoms with van der Waals surface area (Å²) in [4.78, 5) is 0. The van der Waals surface area contributed by atoms with Crippen LogP contribution in [0.2, 0.25) is 0 Å². The predicted octanol–water partition coefficient (Wildman–Crippen LogP) is 6.70. The van der Waals surface area contributed by atoms with Gasteiger partial charge in [0.15, 0.2) is 5.11 Å². The highest BCUT2D eigenvalue weighted by molar-refractivity contribution is 7.80. The fraction of sp³-hybridized carbons (Fsp3) is 0.720. The molecule has 1 aromatic rings. The molecule has 5 rings (SSSR count). The van der Waals surface area contributed by atoms with E-state index in [-0.39, 0.29) is 0 Å². The molecule has 1 aromatic carbocycles. The first-order valence-electron chi connectivity index (χ1n) is 11.8. The third-order valence-electron chi connectivity index (χ3n) is 7.74. The Bertz CT molecular complexity index is 630. The Balaban J connectivity index is 1.39. The summed E-state index contributed by atoms with van der Waals surface area (Å²) in [7, 11) is 0. The van der Waals surface area contributed by atoms with Gasteiger partial charge in [0.05, 0.1) is 0 Å². The summed E-state index contributed by atoms with van der Waals surface area (Å²) in [5, 5.41) is 8.07. The SMILES string of the molecule is CCCCc1ccc(NC(=S)NC(CCC)C23CC4CC(CC(C4)C2)C3)cc1. The summed E-state index contributed by atoms with van der Waals surface area (Å²) in [6, 6.07) is 9.37. The molecule has 1 unspecified atom stereocenters. The van der Waals surface area contributed by atoms with E-state index in [1.54, 1.807) is 0 Å². The van der Waals surface area contributed by atoms with Crippen LogP contribution in [0.5, 0.6) is 0 Å². The number of hydrogen-bond acceptors (Lipinski definition) is 1. The molecule has 0 spiro atoms. The molecule has 2 nitrogen and oxygen atoms in total. The molecule has 0 amide bonds. The molecule has 0 radical (unpaired) electrons. The summed E-state index contributed by atoms with van der Waals surface area (Å²) < 4.78 is 0. The van der Waals surface area contributed by atoms with Crippen molar-refractivity contribution in [1.82, 2.24) is 5.32 Å². The summed E-state index contributed by atoms with van der Waals surface area (Å²) in [6.45, 7) is 4.57. The highest BCUT2D eigenvalue weighted by Crippen LogP contribution is 2.61. The number of thiocarbonyl (C=S) groups is 1. The van der Waals surface area contributed by atoms with Crippen molar-refractivity contribution in [1.29, 1.82) is 0 Å². The average Bonchev–Trinajstić information content (AvgIpc) is 2.66. The number of unbranched alkanes of at least 4 members (excludes halogenated alkanes) is 1. The smallest absolute Gasteiger partial charge is 0.171 e. The summed E-state index contributed by atoms with van der Waals surface area (Å²) in [5.74, 6) is 2.97. The molecule has 1 atom stereocenters. The highest BCUT2D eigenvalue weighted by Gasteiger charge is 2.54. The lowest BCUT2D eigenvalue weighted by Gasteiger charge is -2.59. The molecule has 4 fully saturated rings. The van der Waals surface area contributed by atoms with E-state index in [1.807, 2.05) is 0 Å². The van der Waals surface area contributed by atoms with Gasteiger partial charge in [-0.15, -0.1) is 0 Å². The van der Waals surface area contributed by atoms with E-state index < -0.39 is 0 Å². The summed E-state index contributed by atoms with van der Waals surface area (Å²) >= 11 is 5.76. The molecule has 4 bridgehead atoms. The highest BCUT2D eigenvalue weighted by atomic mass is 32.1. The maximum absolute atomic E-state index is 5.76. The van der Waals surface area contributed by atoms with Crippen molar-refractivity contribution in [2.45, 2.75) is 90.5 Å². The lowest BCUT2D eigenvalue weighted by atomic mass is 9.47. The van der Waals surface area contributed by atoms with Gasteiger partial charge in [-0.1, -0.05) is 38.8 Å². The van der Waals surface area contributed by atoms with Crippen LogP contribution in [0.15, 0.2) is 24.3 Å². The Hall–Kier alpha value is -1.09. The van der Waals surface area contributed by atoms with Gasteiger partial charge in [0.1, 0.15) is 0 Å². The van der Waals surface area contributed by atoms with Gasteiger partial charge in [0.2, 0.25) is 0 Å². The number of nitrogens with one attached hydrogen (secondary N) is 2. The largest absolute Gasteiger partial charge is 0.359 e. The second-order valence-electron chi connectivity index (χ2n) is 10.0. The lowest BCUT2D eigenvalue weighted by molar-refractivity contribution is -0.0718. The van der Waals surface area contributed by atoms with E-state index in [4.69, 9.17) is 12.2 Å². The van der Waals surface area contributed by atoms with Crippen molar-refractivity contribution in [2.75, 3.05) is 5.32 Å². The first-order valence-corrected chi connectivity index (χ1v) is 12.2. The Morgan fingerprint density at radius 1 is 1.00 bits per heavy atom. The number of hydrogen-bond donors (Lipinski definition) is 2. The van der Waals surface area contributed by atoms with Gasteiger partial charge in [0, 0.05) is 11.7 Å². The standard InChI is InChI=1S/C25H38N2S/c1-3-5-7-18-8-10-22(11-9-18)26-24(28)27-23(6-4-2)25-15-19-12-20(16-25)14-21(13-19)17-25/h8-11,19-21,23H,3-7,12-17H2,1-2H3,(H2,26,27,28). The van der Waals surface area contributed by atoms with E-state index in [0.29, 0.717) is 11.5 Å². The number of anilines is 1. The van der Waals surface area contributed by atoms with Crippen LogP contribution >= 0.6 is 12.2 Å². The maximum atomic E-state index is 5.76. The van der Waals surface area contributed by atoms with Crippen molar-refractivity contribution in [3.63, 3.8) is 0 Å². The Morgan fingerprint density at radius 2 is 1.61 bits per heavy atom. The molecule has 4 saturated carbocycles. The van der Waals surface area contributed by atoms with E-state index in [2.05, 4.69) is 48.7 Å². The molecule has 0 aliphatic heterocycles. The van der Waals surface area contributed by atoms with Crippen LogP contribution in [0, 0.1) is 23.2 Å². The minimum Gasteiger partial charge on any atom is -0.359 e. The second-order valence-corrected chi connectivity index (χ2v) is 10.4. The van der Waals surface area contributed by atoms with Crippen molar-refractivity contribution in [2.24, 2.45) is 23.2 Å². The molecule has 0 aromatic heterocycles. The zero-order valence-electron chi connectivity index (χ0n) is 17.8. The van der Waals surface area contributed by atoms with Gasteiger partial charge in [-0.25, -0.2) is 0 Å². The van der Waals surface area contributed by atoms with Gasteiger partial charge in [-0.2, -0.15) is 0 Å². The Kier molecular flexibility index (Phi) is 6.30. The fourth-order valence-electron chi connectivity index (χ4n) is 6.89. The quantitative estimate of drug-likeness (QED) is 0.476. The van der Waals surface area contributed by atoms with Gasteiger partial charge in [-0.3, -0.25) is 0 Å². The van der Waals surface area contributed by atoms with Gasteiger partial charge < -0.3 is 10.6 Å². The van der Waals surface area contributed by atoms with E-state index in [9.17, 15) is 0 Å². The molecule has 3 heteroatoms. The third-order valence-corrected chi connectivity index (χ3v) is 7.96. The minimum atomic E-state index is 0.501. The van der Waals surface area contributed by atoms with Crippen LogP contribution in [0.25, 0.3) is 0 Å². The van der Waals surface area contributed by atoms with E-state index in [1.165, 1.54) is 76.2 Å². The van der Waals surface area contributed by atoms with Crippen LogP contribution in [0.4, 0.5) is 5.69 Å². The van der Waals surface area contributed by atoms with Crippen LogP contribution in [0.1, 0.15) is 83.6 Å². The molecule has 4 aliphatic rings. The van der Waals surface area contributed by atoms with Crippen molar-refractivity contribution < 1.29 is 0 Å². The summed E-state index contributed by atoms with van der Waals surface area (Å²) in [5.41, 5.74) is 3.03. The van der Waals surface area contributed by atoms with Crippen molar-refractivity contribution in [3.05, 3.63) is 29.8 Å². The van der Waals surface area contributed by atoms with Crippen molar-refractivity contribution >= 4 is 23.0 Å². The summed E-state index contributed by atoms with van der Waals surface area (Å²) in [6.07, 6.45) is 15.0. The minimum absolute atomic E-state index is 0.501. The second kappa shape index (κ2) is 8.73. The van der Waals surface area contributed by atoms with Crippen LogP contribution < -0.4 is 10.6 Å². The molecule has 2 N–H and O–H groups in total. The molecule has 28 heavy (non-hydrogen) atoms. The number of rotatable bonds is 8. The lowest BCUT2D eigenvalue weighted by Crippen LogP contribution is -2.57. The number of aryl methyl sites for hydroxylation is 1. The molecular weight excluding hydrogens is 360 g/mol. The molecule has 4 aliphatic carbocycles. The monoisotopic (exact) mass is 398 g/mol. The molecule has 0 heterocycles. The fourth-order valence-corrected chi connectivity index (χ4v) is 7.15. The Morgan fingerprint density at radius 3 is 2.14 bits per heavy atom. The predicted molar refractivity (Wildman–Crippen MR) is 124 cm³/mol. The number of benzene rings is 1. The van der Waals surface area contributed by atoms with Gasteiger partial charge in [0.25, 0.3) is 0 Å². The van der Waals surface area contributed by atoms with E-state index >= 15 is 0 Å². The molecular formula is C25H38N2S. The van der Waals surface area contributed by atoms with Crippen LogP contribution in [-0.4, -0.2) is 11.2 Å². The van der Waals surface area contributed by atoms with Gasteiger partial charge in [-0.05, 0) is 111 Å². The molecule has 154 valence electrons. The van der Waals surface area contributed by atoms with Crippen molar-refractivity contribution in [3.8, 4) is 0 Å². The molecule has 0 saturated heterocycles. The normalized spacial score (nSPS) is 31.6. The first-order chi connectivity index (χ1) is 13.6. The Labute approximate surface area is 177 Å². The topological polar surface area (TPSA) is 24.1 Å². The van der Waals surface area contributed by atoms with Crippen LogP contribution in [0.3, 0.4) is 0 Å². The average molecular weight is 399 g/mol. The van der Waals surface area contributed by atoms with Gasteiger partial charge >= 0.3 is 0 Å². The third kappa shape index (κ3) is 4.40. The van der Waals surface area contributed by atoms with Crippen LogP contribution in [-0.2, 0) is 6.42 Å². The zero-order valence-corrected chi connectivity index (χ0v) is 18.6. The maximum Gasteiger partial charge on any atom is 0.171 e. The first kappa shape index (κ1) is 20.2.